The molecule has 0 aliphatic heterocycles. The second kappa shape index (κ2) is 12.8. The third-order valence-corrected chi connectivity index (χ3v) is 13.0. The molecule has 1 unspecified atom stereocenters. The van der Waals surface area contributed by atoms with Crippen molar-refractivity contribution in [1.82, 2.24) is 19.9 Å². The summed E-state index contributed by atoms with van der Waals surface area (Å²) in [5.41, 5.74) is 15.9. The highest BCUT2D eigenvalue weighted by Gasteiger charge is 2.49. The molecule has 58 heavy (non-hydrogen) atoms. The molecule has 0 fully saturated rings. The molecule has 10 aromatic rings. The molecule has 6 aromatic carbocycles. The lowest BCUT2D eigenvalue weighted by atomic mass is 9.65. The minimum absolute atomic E-state index is 0.577. The fraction of sp³-hybridized carbons (Fsp3) is 0.0189. The number of hydrogen-bond acceptors (Lipinski definition) is 5. The van der Waals surface area contributed by atoms with E-state index in [1.54, 1.807) is 6.20 Å². The number of thiophene rings is 1. The summed E-state index contributed by atoms with van der Waals surface area (Å²) in [6.07, 6.45) is 10.1. The number of pyridine rings is 2. The molecule has 270 valence electrons. The van der Waals surface area contributed by atoms with E-state index in [1.807, 2.05) is 60.1 Å². The van der Waals surface area contributed by atoms with Crippen molar-refractivity contribution in [1.29, 1.82) is 0 Å². The van der Waals surface area contributed by atoms with Crippen molar-refractivity contribution >= 4 is 43.7 Å². The molecule has 0 saturated carbocycles. The van der Waals surface area contributed by atoms with Crippen LogP contribution in [0, 0.1) is 0 Å². The third kappa shape index (κ3) is 4.93. The zero-order chi connectivity index (χ0) is 38.2. The zero-order valence-electron chi connectivity index (χ0n) is 31.2. The zero-order valence-corrected chi connectivity index (χ0v) is 32.0. The lowest BCUT2D eigenvalue weighted by Gasteiger charge is -2.35. The lowest BCUT2D eigenvalue weighted by Crippen LogP contribution is -2.30. The van der Waals surface area contributed by atoms with Crippen molar-refractivity contribution < 1.29 is 0 Å². The van der Waals surface area contributed by atoms with Crippen molar-refractivity contribution in [3.63, 3.8) is 0 Å². The van der Waals surface area contributed by atoms with Gasteiger partial charge in [-0.15, -0.1) is 11.3 Å². The van der Waals surface area contributed by atoms with Gasteiger partial charge in [0.05, 0.1) is 22.5 Å². The quantitative estimate of drug-likeness (QED) is 0.179. The van der Waals surface area contributed by atoms with Gasteiger partial charge in [-0.1, -0.05) is 121 Å². The van der Waals surface area contributed by atoms with Crippen molar-refractivity contribution in [3.05, 3.63) is 216 Å². The van der Waals surface area contributed by atoms with Crippen LogP contribution in [-0.4, -0.2) is 19.9 Å². The highest BCUT2D eigenvalue weighted by molar-refractivity contribution is 7.25. The van der Waals surface area contributed by atoms with Gasteiger partial charge in [-0.25, -0.2) is 9.97 Å². The summed E-state index contributed by atoms with van der Waals surface area (Å²) < 4.78 is 2.61. The SMILES string of the molecule is C1=Cc2ccc(-c3cc(-c4ccc(-c5cccnc5)nc4)nc(-c4ccccc4)n3)cc2C2(c3ccccc31)c1ccccc1-c1cc3c(cc12)sc1ccccc13. The average molecular weight is 757 g/mol. The van der Waals surface area contributed by atoms with Gasteiger partial charge in [0, 0.05) is 61.0 Å². The fourth-order valence-electron chi connectivity index (χ4n) is 9.26. The van der Waals surface area contributed by atoms with Crippen LogP contribution in [0.3, 0.4) is 0 Å². The minimum Gasteiger partial charge on any atom is -0.264 e. The molecule has 2 aliphatic rings. The first-order valence-electron chi connectivity index (χ1n) is 19.5. The van der Waals surface area contributed by atoms with E-state index in [-0.39, 0.29) is 0 Å². The summed E-state index contributed by atoms with van der Waals surface area (Å²) in [6, 6.07) is 59.0. The van der Waals surface area contributed by atoms with Crippen molar-refractivity contribution in [2.24, 2.45) is 0 Å². The predicted octanol–water partition coefficient (Wildman–Crippen LogP) is 13.1. The van der Waals surface area contributed by atoms with E-state index in [1.165, 1.54) is 64.7 Å². The summed E-state index contributed by atoms with van der Waals surface area (Å²) in [6.45, 7) is 0. The van der Waals surface area contributed by atoms with Crippen LogP contribution in [0.2, 0.25) is 0 Å². The van der Waals surface area contributed by atoms with Crippen LogP contribution in [0.25, 0.3) is 88.6 Å². The van der Waals surface area contributed by atoms with Crippen molar-refractivity contribution in [3.8, 4) is 56.3 Å². The number of nitrogens with zero attached hydrogens (tertiary/aromatic N) is 4. The molecule has 4 aromatic heterocycles. The molecule has 2 aliphatic carbocycles. The van der Waals surface area contributed by atoms with Crippen LogP contribution in [0.15, 0.2) is 182 Å². The Bertz CT molecular complexity index is 3280. The summed E-state index contributed by atoms with van der Waals surface area (Å²) >= 11 is 1.88. The van der Waals surface area contributed by atoms with Gasteiger partial charge in [-0.05, 0) is 99.1 Å². The van der Waals surface area contributed by atoms with Crippen molar-refractivity contribution in [2.45, 2.75) is 5.41 Å². The molecular weight excluding hydrogens is 725 g/mol. The Morgan fingerprint density at radius 1 is 0.414 bits per heavy atom. The second-order valence-electron chi connectivity index (χ2n) is 15.0. The Balaban J connectivity index is 1.11. The molecule has 0 N–H and O–H groups in total. The van der Waals surface area contributed by atoms with Gasteiger partial charge in [0.15, 0.2) is 5.82 Å². The molecule has 0 radical (unpaired) electrons. The minimum atomic E-state index is -0.577. The van der Waals surface area contributed by atoms with Gasteiger partial charge in [0.1, 0.15) is 0 Å². The Kier molecular flexibility index (Phi) is 7.28. The summed E-state index contributed by atoms with van der Waals surface area (Å²) in [5, 5.41) is 2.62. The van der Waals surface area contributed by atoms with E-state index in [0.29, 0.717) is 5.82 Å². The normalized spacial score (nSPS) is 14.9. The Morgan fingerprint density at radius 2 is 1.14 bits per heavy atom. The summed E-state index contributed by atoms with van der Waals surface area (Å²) in [4.78, 5) is 19.6. The van der Waals surface area contributed by atoms with E-state index >= 15 is 0 Å². The standard InChI is InChI=1S/C53H32N4S/c1-2-12-35(13-3-1)52-56-48(30-49(57-52)38-24-25-47(55-32-38)37-14-10-26-54-31-37)36-23-22-34-21-20-33-11-4-7-17-43(33)53(45(34)27-36)44-18-8-5-15-39(44)41-28-42-40-16-6-9-19-50(40)58-51(42)29-46(41)53/h1-32H. The molecular formula is C53H32N4S. The van der Waals surface area contributed by atoms with E-state index in [4.69, 9.17) is 15.0 Å². The second-order valence-corrected chi connectivity index (χ2v) is 16.1. The van der Waals surface area contributed by atoms with Crippen LogP contribution >= 0.6 is 11.3 Å². The van der Waals surface area contributed by atoms with E-state index < -0.39 is 5.41 Å². The summed E-state index contributed by atoms with van der Waals surface area (Å²) in [5.74, 6) is 0.669. The predicted molar refractivity (Wildman–Crippen MR) is 238 cm³/mol. The molecule has 0 bridgehead atoms. The molecule has 0 saturated heterocycles. The van der Waals surface area contributed by atoms with Gasteiger partial charge in [0.2, 0.25) is 0 Å². The van der Waals surface area contributed by atoms with E-state index in [2.05, 4.69) is 145 Å². The lowest BCUT2D eigenvalue weighted by molar-refractivity contribution is 0.768. The van der Waals surface area contributed by atoms with Crippen LogP contribution in [0.5, 0.6) is 0 Å². The maximum atomic E-state index is 5.29. The van der Waals surface area contributed by atoms with Gasteiger partial charge in [-0.3, -0.25) is 9.97 Å². The topological polar surface area (TPSA) is 51.6 Å². The molecule has 4 heterocycles. The maximum Gasteiger partial charge on any atom is 0.160 e. The smallest absolute Gasteiger partial charge is 0.160 e. The fourth-order valence-corrected chi connectivity index (χ4v) is 10.4. The third-order valence-electron chi connectivity index (χ3n) is 11.9. The van der Waals surface area contributed by atoms with Crippen LogP contribution in [-0.2, 0) is 5.41 Å². The van der Waals surface area contributed by atoms with Gasteiger partial charge in [-0.2, -0.15) is 0 Å². The van der Waals surface area contributed by atoms with Crippen LogP contribution < -0.4 is 0 Å². The van der Waals surface area contributed by atoms with E-state index in [0.717, 1.165) is 39.3 Å². The number of hydrogen-bond donors (Lipinski definition) is 0. The molecule has 5 heteroatoms. The molecule has 1 atom stereocenters. The number of aromatic nitrogens is 4. The molecule has 0 amide bonds. The highest BCUT2D eigenvalue weighted by atomic mass is 32.1. The Hall–Kier alpha value is -7.34. The van der Waals surface area contributed by atoms with Crippen LogP contribution in [0.4, 0.5) is 0 Å². The van der Waals surface area contributed by atoms with Crippen molar-refractivity contribution in [2.75, 3.05) is 0 Å². The largest absolute Gasteiger partial charge is 0.264 e. The average Bonchev–Trinajstić information content (AvgIpc) is 3.75. The van der Waals surface area contributed by atoms with Crippen LogP contribution in [0.1, 0.15) is 33.4 Å². The summed E-state index contributed by atoms with van der Waals surface area (Å²) in [7, 11) is 0. The molecule has 1 spiro atoms. The van der Waals surface area contributed by atoms with Gasteiger partial charge in [0.25, 0.3) is 0 Å². The first-order chi connectivity index (χ1) is 28.7. The van der Waals surface area contributed by atoms with Gasteiger partial charge < -0.3 is 0 Å². The number of fused-ring (bicyclic) bond motifs is 12. The first kappa shape index (κ1) is 32.9. The monoisotopic (exact) mass is 756 g/mol. The molecule has 12 rings (SSSR count). The maximum absolute atomic E-state index is 5.29. The van der Waals surface area contributed by atoms with E-state index in [9.17, 15) is 0 Å². The first-order valence-corrected chi connectivity index (χ1v) is 20.3. The Morgan fingerprint density at radius 3 is 1.98 bits per heavy atom. The number of benzene rings is 6. The highest BCUT2D eigenvalue weighted by Crippen LogP contribution is 2.60. The van der Waals surface area contributed by atoms with Gasteiger partial charge >= 0.3 is 0 Å². The number of rotatable bonds is 4. The molecule has 4 nitrogen and oxygen atoms in total. The Labute approximate surface area is 339 Å².